The average Bonchev–Trinajstić information content (AvgIpc) is 2.75. The highest BCUT2D eigenvalue weighted by molar-refractivity contribution is 5.95. The summed E-state index contributed by atoms with van der Waals surface area (Å²) < 4.78 is 4.97. The predicted molar refractivity (Wildman–Crippen MR) is 80.9 cm³/mol. The van der Waals surface area contributed by atoms with E-state index in [4.69, 9.17) is 4.74 Å². The van der Waals surface area contributed by atoms with Crippen molar-refractivity contribution in [1.82, 2.24) is 10.3 Å². The van der Waals surface area contributed by atoms with Crippen LogP contribution in [0.1, 0.15) is 25.1 Å². The molecular weight excluding hydrogens is 252 g/mol. The lowest BCUT2D eigenvalue weighted by atomic mass is 9.82. The summed E-state index contributed by atoms with van der Waals surface area (Å²) in [6, 6.07) is 8.08. The van der Waals surface area contributed by atoms with E-state index in [9.17, 15) is 4.79 Å². The van der Waals surface area contributed by atoms with Gasteiger partial charge in [-0.2, -0.15) is 0 Å². The Morgan fingerprint density at radius 1 is 1.35 bits per heavy atom. The highest BCUT2D eigenvalue weighted by Gasteiger charge is 2.33. The maximum absolute atomic E-state index is 12.5. The number of aromatic amines is 1. The molecule has 108 valence electrons. The fourth-order valence-corrected chi connectivity index (χ4v) is 2.68. The van der Waals surface area contributed by atoms with Crippen LogP contribution < -0.4 is 5.32 Å². The third-order valence-electron chi connectivity index (χ3n) is 3.68. The van der Waals surface area contributed by atoms with Crippen molar-refractivity contribution in [2.75, 3.05) is 20.3 Å². The summed E-state index contributed by atoms with van der Waals surface area (Å²) in [5.74, 6) is 0.0161. The molecule has 0 unspecified atom stereocenters. The van der Waals surface area contributed by atoms with Crippen LogP contribution in [0.4, 0.5) is 0 Å². The van der Waals surface area contributed by atoms with E-state index in [2.05, 4.69) is 16.4 Å². The molecule has 2 aromatic rings. The predicted octanol–water partition coefficient (Wildman–Crippen LogP) is 2.52. The zero-order valence-electron chi connectivity index (χ0n) is 12.5. The number of para-hydroxylation sites is 1. The van der Waals surface area contributed by atoms with Gasteiger partial charge in [0.25, 0.3) is 0 Å². The van der Waals surface area contributed by atoms with Crippen molar-refractivity contribution in [3.05, 3.63) is 35.5 Å². The Hall–Kier alpha value is -1.81. The molecule has 1 amide bonds. The lowest BCUT2D eigenvalue weighted by Gasteiger charge is -2.24. The molecule has 0 radical (unpaired) electrons. The Morgan fingerprint density at radius 2 is 2.05 bits per heavy atom. The van der Waals surface area contributed by atoms with Crippen molar-refractivity contribution in [2.45, 2.75) is 26.2 Å². The van der Waals surface area contributed by atoms with Gasteiger partial charge in [0.2, 0.25) is 5.91 Å². The van der Waals surface area contributed by atoms with Crippen LogP contribution in [-0.2, 0) is 14.9 Å². The molecule has 1 aromatic carbocycles. The molecule has 0 bridgehead atoms. The van der Waals surface area contributed by atoms with Crippen molar-refractivity contribution in [1.29, 1.82) is 0 Å². The van der Waals surface area contributed by atoms with Gasteiger partial charge in [0.15, 0.2) is 0 Å². The number of aromatic nitrogens is 1. The number of aryl methyl sites for hydroxylation is 1. The summed E-state index contributed by atoms with van der Waals surface area (Å²) >= 11 is 0. The fraction of sp³-hybridized carbons (Fsp3) is 0.438. The van der Waals surface area contributed by atoms with E-state index in [1.54, 1.807) is 7.11 Å². The minimum Gasteiger partial charge on any atom is -0.383 e. The van der Waals surface area contributed by atoms with Gasteiger partial charge in [-0.15, -0.1) is 0 Å². The second-order valence-electron chi connectivity index (χ2n) is 5.54. The van der Waals surface area contributed by atoms with E-state index in [0.717, 1.165) is 22.2 Å². The molecule has 0 spiro atoms. The van der Waals surface area contributed by atoms with Crippen molar-refractivity contribution in [3.8, 4) is 0 Å². The van der Waals surface area contributed by atoms with E-state index in [1.165, 1.54) is 0 Å². The maximum atomic E-state index is 12.5. The number of nitrogens with one attached hydrogen (secondary N) is 2. The highest BCUT2D eigenvalue weighted by Crippen LogP contribution is 2.33. The molecule has 0 fully saturated rings. The van der Waals surface area contributed by atoms with Crippen molar-refractivity contribution >= 4 is 16.8 Å². The summed E-state index contributed by atoms with van der Waals surface area (Å²) in [5, 5.41) is 4.03. The highest BCUT2D eigenvalue weighted by atomic mass is 16.5. The Bertz CT molecular complexity index is 614. The van der Waals surface area contributed by atoms with Crippen molar-refractivity contribution in [2.24, 2.45) is 0 Å². The van der Waals surface area contributed by atoms with Crippen LogP contribution in [0, 0.1) is 6.92 Å². The van der Waals surface area contributed by atoms with Gasteiger partial charge in [-0.25, -0.2) is 0 Å². The van der Waals surface area contributed by atoms with Crippen molar-refractivity contribution < 1.29 is 9.53 Å². The monoisotopic (exact) mass is 274 g/mol. The van der Waals surface area contributed by atoms with Gasteiger partial charge in [-0.05, 0) is 32.4 Å². The molecule has 2 N–H and O–H groups in total. The fourth-order valence-electron chi connectivity index (χ4n) is 2.68. The van der Waals surface area contributed by atoms with E-state index in [0.29, 0.717) is 13.2 Å². The molecule has 4 heteroatoms. The zero-order chi connectivity index (χ0) is 14.8. The number of hydrogen-bond donors (Lipinski definition) is 2. The summed E-state index contributed by atoms with van der Waals surface area (Å²) in [7, 11) is 1.63. The van der Waals surface area contributed by atoms with Crippen LogP contribution >= 0.6 is 0 Å². The first kappa shape index (κ1) is 14.6. The van der Waals surface area contributed by atoms with Crippen LogP contribution in [0.5, 0.6) is 0 Å². The number of hydrogen-bond acceptors (Lipinski definition) is 2. The zero-order valence-corrected chi connectivity index (χ0v) is 12.5. The number of H-pyrrole nitrogens is 1. The van der Waals surface area contributed by atoms with E-state index in [-0.39, 0.29) is 5.91 Å². The number of methoxy groups -OCH3 is 1. The number of benzene rings is 1. The standard InChI is InChI=1S/C16H22N2O2/c1-11-14(12-7-5-6-8-13(12)18-11)16(2,3)15(19)17-9-10-20-4/h5-8,18H,9-10H2,1-4H3,(H,17,19). The lowest BCUT2D eigenvalue weighted by Crippen LogP contribution is -2.41. The lowest BCUT2D eigenvalue weighted by molar-refractivity contribution is -0.125. The average molecular weight is 274 g/mol. The molecular formula is C16H22N2O2. The molecule has 0 aliphatic carbocycles. The number of amides is 1. The minimum atomic E-state index is -0.586. The quantitative estimate of drug-likeness (QED) is 0.823. The number of ether oxygens (including phenoxy) is 1. The van der Waals surface area contributed by atoms with Crippen LogP contribution in [0.25, 0.3) is 10.9 Å². The second kappa shape index (κ2) is 5.67. The molecule has 0 saturated heterocycles. The van der Waals surface area contributed by atoms with Gasteiger partial charge in [-0.3, -0.25) is 4.79 Å². The maximum Gasteiger partial charge on any atom is 0.230 e. The van der Waals surface area contributed by atoms with Crippen LogP contribution in [0.2, 0.25) is 0 Å². The molecule has 20 heavy (non-hydrogen) atoms. The van der Waals surface area contributed by atoms with Gasteiger partial charge in [-0.1, -0.05) is 18.2 Å². The smallest absolute Gasteiger partial charge is 0.230 e. The first-order chi connectivity index (χ1) is 9.48. The number of carbonyl (C=O) groups is 1. The van der Waals surface area contributed by atoms with E-state index < -0.39 is 5.41 Å². The Labute approximate surface area is 119 Å². The van der Waals surface area contributed by atoms with Gasteiger partial charge in [0.1, 0.15) is 0 Å². The number of fused-ring (bicyclic) bond motifs is 1. The molecule has 1 aromatic heterocycles. The normalized spacial score (nSPS) is 11.8. The first-order valence-corrected chi connectivity index (χ1v) is 6.83. The van der Waals surface area contributed by atoms with Gasteiger partial charge in [0.05, 0.1) is 12.0 Å². The van der Waals surface area contributed by atoms with E-state index >= 15 is 0 Å². The molecule has 2 rings (SSSR count). The number of rotatable bonds is 5. The van der Waals surface area contributed by atoms with Gasteiger partial charge in [0, 0.05) is 30.3 Å². The van der Waals surface area contributed by atoms with Crippen LogP contribution in [-0.4, -0.2) is 31.2 Å². The minimum absolute atomic E-state index is 0.0161. The van der Waals surface area contributed by atoms with E-state index in [1.807, 2.05) is 39.0 Å². The summed E-state index contributed by atoms with van der Waals surface area (Å²) in [5.41, 5.74) is 2.58. The topological polar surface area (TPSA) is 54.1 Å². The van der Waals surface area contributed by atoms with Gasteiger partial charge < -0.3 is 15.0 Å². The van der Waals surface area contributed by atoms with Crippen molar-refractivity contribution in [3.63, 3.8) is 0 Å². The summed E-state index contributed by atoms with van der Waals surface area (Å²) in [6.07, 6.45) is 0. The second-order valence-corrected chi connectivity index (χ2v) is 5.54. The SMILES string of the molecule is COCCNC(=O)C(C)(C)c1c(C)[nH]c2ccccc12. The molecule has 4 nitrogen and oxygen atoms in total. The molecule has 0 atom stereocenters. The van der Waals surface area contributed by atoms with Gasteiger partial charge >= 0.3 is 0 Å². The van der Waals surface area contributed by atoms with Crippen LogP contribution in [0.15, 0.2) is 24.3 Å². The summed E-state index contributed by atoms with van der Waals surface area (Å²) in [4.78, 5) is 15.8. The largest absolute Gasteiger partial charge is 0.383 e. The Morgan fingerprint density at radius 3 is 2.75 bits per heavy atom. The Balaban J connectivity index is 2.36. The van der Waals surface area contributed by atoms with Crippen LogP contribution in [0.3, 0.4) is 0 Å². The first-order valence-electron chi connectivity index (χ1n) is 6.83. The Kier molecular flexibility index (Phi) is 4.14. The third kappa shape index (κ3) is 2.56. The molecule has 0 saturated carbocycles. The molecule has 0 aliphatic rings. The molecule has 1 heterocycles. The number of carbonyl (C=O) groups excluding carboxylic acids is 1. The molecule has 0 aliphatic heterocycles. The third-order valence-corrected chi connectivity index (χ3v) is 3.68. The summed E-state index contributed by atoms with van der Waals surface area (Å²) in [6.45, 7) is 6.98.